The molecule has 0 radical (unpaired) electrons. The molecule has 2 atom stereocenters. The third-order valence-corrected chi connectivity index (χ3v) is 3.49. The van der Waals surface area contributed by atoms with Crippen molar-refractivity contribution in [3.05, 3.63) is 35.4 Å². The highest BCUT2D eigenvalue weighted by Crippen LogP contribution is 2.39. The Morgan fingerprint density at radius 1 is 1.33 bits per heavy atom. The fourth-order valence-corrected chi connectivity index (χ4v) is 2.70. The summed E-state index contributed by atoms with van der Waals surface area (Å²) in [6.07, 6.45) is 1.26. The maximum atomic E-state index is 3.62. The minimum absolute atomic E-state index is 0.643. The van der Waals surface area contributed by atoms with E-state index >= 15 is 0 Å². The SMILES string of the molecule is CCNC(C(C)C)C1Cc2ccccc21. The second-order valence-corrected chi connectivity index (χ2v) is 4.84. The molecule has 2 unspecified atom stereocenters. The van der Waals surface area contributed by atoms with Crippen LogP contribution in [0.15, 0.2) is 24.3 Å². The van der Waals surface area contributed by atoms with Gasteiger partial charge in [0.05, 0.1) is 0 Å². The Hall–Kier alpha value is -0.820. The zero-order chi connectivity index (χ0) is 10.8. The van der Waals surface area contributed by atoms with E-state index in [0.717, 1.165) is 12.5 Å². The molecule has 0 bridgehead atoms. The summed E-state index contributed by atoms with van der Waals surface area (Å²) < 4.78 is 0. The van der Waals surface area contributed by atoms with Crippen molar-refractivity contribution in [1.29, 1.82) is 0 Å². The Balaban J connectivity index is 2.13. The molecule has 0 saturated heterocycles. The van der Waals surface area contributed by atoms with E-state index in [0.29, 0.717) is 12.0 Å². The number of rotatable bonds is 4. The van der Waals surface area contributed by atoms with Crippen LogP contribution < -0.4 is 5.32 Å². The fourth-order valence-electron chi connectivity index (χ4n) is 2.70. The van der Waals surface area contributed by atoms with Gasteiger partial charge in [-0.1, -0.05) is 45.0 Å². The summed E-state index contributed by atoms with van der Waals surface area (Å²) in [5, 5.41) is 3.62. The first-order valence-electron chi connectivity index (χ1n) is 6.05. The summed E-state index contributed by atoms with van der Waals surface area (Å²) in [6, 6.07) is 9.50. The predicted molar refractivity (Wildman–Crippen MR) is 65.2 cm³/mol. The molecule has 1 aliphatic carbocycles. The summed E-state index contributed by atoms with van der Waals surface area (Å²) >= 11 is 0. The van der Waals surface area contributed by atoms with E-state index in [2.05, 4.69) is 50.4 Å². The Labute approximate surface area is 92.9 Å². The number of benzene rings is 1. The van der Waals surface area contributed by atoms with E-state index in [4.69, 9.17) is 0 Å². The molecule has 0 aliphatic heterocycles. The normalized spacial score (nSPS) is 20.9. The number of fused-ring (bicyclic) bond motifs is 1. The number of hydrogen-bond donors (Lipinski definition) is 1. The van der Waals surface area contributed by atoms with E-state index in [9.17, 15) is 0 Å². The zero-order valence-corrected chi connectivity index (χ0v) is 9.96. The molecule has 2 rings (SSSR count). The number of nitrogens with one attached hydrogen (secondary N) is 1. The lowest BCUT2D eigenvalue weighted by Gasteiger charge is -2.39. The van der Waals surface area contributed by atoms with Crippen LogP contribution in [0.4, 0.5) is 0 Å². The van der Waals surface area contributed by atoms with Crippen LogP contribution in [-0.4, -0.2) is 12.6 Å². The minimum Gasteiger partial charge on any atom is -0.313 e. The lowest BCUT2D eigenvalue weighted by Crippen LogP contribution is -2.43. The van der Waals surface area contributed by atoms with E-state index in [1.165, 1.54) is 6.42 Å². The third-order valence-electron chi connectivity index (χ3n) is 3.49. The van der Waals surface area contributed by atoms with Crippen LogP contribution >= 0.6 is 0 Å². The van der Waals surface area contributed by atoms with Gasteiger partial charge in [0.1, 0.15) is 0 Å². The lowest BCUT2D eigenvalue weighted by atomic mass is 9.71. The highest BCUT2D eigenvalue weighted by molar-refractivity contribution is 5.41. The van der Waals surface area contributed by atoms with Crippen LogP contribution in [0, 0.1) is 5.92 Å². The number of hydrogen-bond acceptors (Lipinski definition) is 1. The summed E-state index contributed by atoms with van der Waals surface area (Å²) in [6.45, 7) is 7.89. The summed E-state index contributed by atoms with van der Waals surface area (Å²) in [4.78, 5) is 0. The van der Waals surface area contributed by atoms with Crippen molar-refractivity contribution in [3.63, 3.8) is 0 Å². The molecule has 1 N–H and O–H groups in total. The van der Waals surface area contributed by atoms with Crippen LogP contribution in [0.3, 0.4) is 0 Å². The van der Waals surface area contributed by atoms with Gasteiger partial charge in [0.25, 0.3) is 0 Å². The van der Waals surface area contributed by atoms with Gasteiger partial charge in [0, 0.05) is 12.0 Å². The standard InChI is InChI=1S/C14H21N/c1-4-15-14(10(2)3)13-9-11-7-5-6-8-12(11)13/h5-8,10,13-15H,4,9H2,1-3H3. The van der Waals surface area contributed by atoms with Gasteiger partial charge in [-0.25, -0.2) is 0 Å². The monoisotopic (exact) mass is 203 g/mol. The Bertz CT molecular complexity index is 330. The molecule has 0 amide bonds. The van der Waals surface area contributed by atoms with Crippen LogP contribution in [-0.2, 0) is 6.42 Å². The van der Waals surface area contributed by atoms with E-state index in [1.807, 2.05) is 0 Å². The van der Waals surface area contributed by atoms with Crippen LogP contribution in [0.1, 0.15) is 37.8 Å². The van der Waals surface area contributed by atoms with Crippen molar-refractivity contribution in [2.24, 2.45) is 5.92 Å². The first kappa shape index (κ1) is 10.7. The van der Waals surface area contributed by atoms with Crippen molar-refractivity contribution < 1.29 is 0 Å². The largest absolute Gasteiger partial charge is 0.313 e. The Morgan fingerprint density at radius 3 is 2.67 bits per heavy atom. The molecule has 82 valence electrons. The van der Waals surface area contributed by atoms with E-state index < -0.39 is 0 Å². The third kappa shape index (κ3) is 1.93. The average Bonchev–Trinajstić information content (AvgIpc) is 2.18. The highest BCUT2D eigenvalue weighted by atomic mass is 14.9. The first-order chi connectivity index (χ1) is 7.24. The van der Waals surface area contributed by atoms with Crippen molar-refractivity contribution >= 4 is 0 Å². The van der Waals surface area contributed by atoms with Crippen molar-refractivity contribution in [2.45, 2.75) is 39.2 Å². The van der Waals surface area contributed by atoms with Gasteiger partial charge in [-0.3, -0.25) is 0 Å². The smallest absolute Gasteiger partial charge is 0.0162 e. The van der Waals surface area contributed by atoms with Crippen molar-refractivity contribution in [3.8, 4) is 0 Å². The van der Waals surface area contributed by atoms with Gasteiger partial charge in [0.15, 0.2) is 0 Å². The molecule has 0 aromatic heterocycles. The average molecular weight is 203 g/mol. The molecule has 1 aromatic rings. The summed E-state index contributed by atoms with van der Waals surface area (Å²) in [7, 11) is 0. The highest BCUT2D eigenvalue weighted by Gasteiger charge is 2.33. The molecule has 1 nitrogen and oxygen atoms in total. The molecule has 0 heterocycles. The van der Waals surface area contributed by atoms with Gasteiger partial charge in [-0.2, -0.15) is 0 Å². The van der Waals surface area contributed by atoms with E-state index in [1.54, 1.807) is 11.1 Å². The molecular formula is C14H21N. The van der Waals surface area contributed by atoms with Crippen LogP contribution in [0.2, 0.25) is 0 Å². The van der Waals surface area contributed by atoms with Gasteiger partial charge in [-0.05, 0) is 30.0 Å². The fraction of sp³-hybridized carbons (Fsp3) is 0.571. The van der Waals surface area contributed by atoms with Gasteiger partial charge < -0.3 is 5.32 Å². The molecular weight excluding hydrogens is 182 g/mol. The summed E-state index contributed by atoms with van der Waals surface area (Å²) in [5.41, 5.74) is 3.11. The molecule has 1 heteroatoms. The second kappa shape index (κ2) is 4.36. The van der Waals surface area contributed by atoms with E-state index in [-0.39, 0.29) is 0 Å². The quantitative estimate of drug-likeness (QED) is 0.793. The maximum absolute atomic E-state index is 3.62. The van der Waals surface area contributed by atoms with Crippen molar-refractivity contribution in [2.75, 3.05) is 6.54 Å². The lowest BCUT2D eigenvalue weighted by molar-refractivity contribution is 0.325. The van der Waals surface area contributed by atoms with Gasteiger partial charge >= 0.3 is 0 Å². The zero-order valence-electron chi connectivity index (χ0n) is 9.96. The molecule has 0 spiro atoms. The topological polar surface area (TPSA) is 12.0 Å². The maximum Gasteiger partial charge on any atom is 0.0162 e. The molecule has 0 fully saturated rings. The predicted octanol–water partition coefficient (Wildman–Crippen LogP) is 2.96. The molecule has 1 aliphatic rings. The van der Waals surface area contributed by atoms with Crippen LogP contribution in [0.5, 0.6) is 0 Å². The first-order valence-corrected chi connectivity index (χ1v) is 6.05. The second-order valence-electron chi connectivity index (χ2n) is 4.84. The Kier molecular flexibility index (Phi) is 3.11. The molecule has 1 aromatic carbocycles. The van der Waals surface area contributed by atoms with Gasteiger partial charge in [-0.15, -0.1) is 0 Å². The minimum atomic E-state index is 0.643. The Morgan fingerprint density at radius 2 is 2.07 bits per heavy atom. The molecule has 15 heavy (non-hydrogen) atoms. The number of likely N-dealkylation sites (N-methyl/N-ethyl adjacent to an activating group) is 1. The summed E-state index contributed by atoms with van der Waals surface area (Å²) in [5.74, 6) is 1.45. The van der Waals surface area contributed by atoms with Gasteiger partial charge in [0.2, 0.25) is 0 Å². The van der Waals surface area contributed by atoms with Crippen LogP contribution in [0.25, 0.3) is 0 Å². The van der Waals surface area contributed by atoms with Crippen molar-refractivity contribution in [1.82, 2.24) is 5.32 Å². The molecule has 0 saturated carbocycles.